The number of carbonyl (C=O) groups is 1. The number of halogens is 1. The summed E-state index contributed by atoms with van der Waals surface area (Å²) in [5.74, 6) is 0.838. The van der Waals surface area contributed by atoms with E-state index in [0.29, 0.717) is 12.6 Å². The van der Waals surface area contributed by atoms with Gasteiger partial charge >= 0.3 is 0 Å². The van der Waals surface area contributed by atoms with Crippen molar-refractivity contribution in [3.63, 3.8) is 0 Å². The summed E-state index contributed by atoms with van der Waals surface area (Å²) in [7, 11) is 0. The Morgan fingerprint density at radius 2 is 2.29 bits per heavy atom. The molecule has 1 amide bonds. The molecule has 1 aliphatic carbocycles. The Hall–Kier alpha value is -1.66. The summed E-state index contributed by atoms with van der Waals surface area (Å²) in [5.41, 5.74) is 0.784. The lowest BCUT2D eigenvalue weighted by Gasteiger charge is -2.09. The predicted octanol–water partition coefficient (Wildman–Crippen LogP) is 2.54. The van der Waals surface area contributed by atoms with Gasteiger partial charge in [0, 0.05) is 28.6 Å². The maximum absolute atomic E-state index is 12.1. The van der Waals surface area contributed by atoms with Crippen molar-refractivity contribution in [1.29, 1.82) is 0 Å². The minimum absolute atomic E-state index is 0.0567. The van der Waals surface area contributed by atoms with Crippen molar-refractivity contribution in [3.05, 3.63) is 47.0 Å². The maximum atomic E-state index is 12.1. The van der Waals surface area contributed by atoms with Crippen molar-refractivity contribution in [2.75, 3.05) is 5.32 Å². The van der Waals surface area contributed by atoms with E-state index in [1.165, 1.54) is 12.8 Å². The first-order valence-corrected chi connectivity index (χ1v) is 7.79. The molecular weight excluding hydrogens is 332 g/mol. The van der Waals surface area contributed by atoms with Crippen molar-refractivity contribution < 1.29 is 4.79 Å². The fourth-order valence-corrected chi connectivity index (χ4v) is 2.49. The Bertz CT molecular complexity index is 636. The van der Waals surface area contributed by atoms with Crippen LogP contribution in [0.2, 0.25) is 0 Å². The highest BCUT2D eigenvalue weighted by Gasteiger charge is 2.21. The fraction of sp³-hybridized carbons (Fsp3) is 0.333. The van der Waals surface area contributed by atoms with Gasteiger partial charge in [0.25, 0.3) is 0 Å². The molecule has 1 fully saturated rings. The molecule has 0 bridgehead atoms. The molecule has 2 aromatic rings. The van der Waals surface area contributed by atoms with Gasteiger partial charge in [0.2, 0.25) is 5.91 Å². The summed E-state index contributed by atoms with van der Waals surface area (Å²) < 4.78 is 2.82. The molecule has 0 atom stereocenters. The van der Waals surface area contributed by atoms with Crippen molar-refractivity contribution in [2.45, 2.75) is 32.0 Å². The predicted molar refractivity (Wildman–Crippen MR) is 84.9 cm³/mol. The van der Waals surface area contributed by atoms with E-state index in [0.717, 1.165) is 16.0 Å². The van der Waals surface area contributed by atoms with Crippen LogP contribution < -0.4 is 10.6 Å². The molecule has 5 nitrogen and oxygen atoms in total. The van der Waals surface area contributed by atoms with Gasteiger partial charge in [-0.05, 0) is 31.0 Å². The van der Waals surface area contributed by atoms with E-state index in [1.807, 2.05) is 35.0 Å². The van der Waals surface area contributed by atoms with E-state index < -0.39 is 0 Å². The van der Waals surface area contributed by atoms with Crippen LogP contribution in [0.1, 0.15) is 18.7 Å². The minimum atomic E-state index is -0.0567. The highest BCUT2D eigenvalue weighted by Crippen LogP contribution is 2.19. The van der Waals surface area contributed by atoms with Crippen molar-refractivity contribution in [1.82, 2.24) is 14.9 Å². The lowest BCUT2D eigenvalue weighted by atomic mass is 10.3. The summed E-state index contributed by atoms with van der Waals surface area (Å²) in [6, 6.07) is 8.19. The van der Waals surface area contributed by atoms with Crippen LogP contribution in [0.25, 0.3) is 0 Å². The van der Waals surface area contributed by atoms with E-state index in [1.54, 1.807) is 6.20 Å². The number of carbonyl (C=O) groups excluding carboxylic acids is 1. The number of amides is 1. The van der Waals surface area contributed by atoms with Crippen molar-refractivity contribution in [3.8, 4) is 0 Å². The normalized spacial score (nSPS) is 14.1. The molecule has 21 heavy (non-hydrogen) atoms. The van der Waals surface area contributed by atoms with Crippen LogP contribution >= 0.6 is 15.9 Å². The molecule has 6 heteroatoms. The molecule has 0 saturated heterocycles. The number of benzene rings is 1. The first-order chi connectivity index (χ1) is 10.2. The van der Waals surface area contributed by atoms with E-state index in [4.69, 9.17) is 0 Å². The molecule has 0 spiro atoms. The molecule has 0 unspecified atom stereocenters. The number of imidazole rings is 1. The van der Waals surface area contributed by atoms with Crippen LogP contribution in [0.15, 0.2) is 41.1 Å². The zero-order valence-electron chi connectivity index (χ0n) is 11.6. The Balaban J connectivity index is 1.57. The second-order valence-electron chi connectivity index (χ2n) is 5.19. The summed E-state index contributed by atoms with van der Waals surface area (Å²) >= 11 is 3.39. The monoisotopic (exact) mass is 348 g/mol. The van der Waals surface area contributed by atoms with Crippen LogP contribution in [0.4, 0.5) is 5.69 Å². The molecule has 1 aromatic carbocycles. The van der Waals surface area contributed by atoms with E-state index in [-0.39, 0.29) is 12.5 Å². The third-order valence-electron chi connectivity index (χ3n) is 3.35. The SMILES string of the molecule is O=C(Cn1ccnc1CNC1CC1)Nc1cccc(Br)c1. The van der Waals surface area contributed by atoms with Gasteiger partial charge in [0.1, 0.15) is 12.4 Å². The topological polar surface area (TPSA) is 59.0 Å². The van der Waals surface area contributed by atoms with Gasteiger partial charge in [-0.3, -0.25) is 4.79 Å². The van der Waals surface area contributed by atoms with Gasteiger partial charge in [-0.1, -0.05) is 22.0 Å². The van der Waals surface area contributed by atoms with Gasteiger partial charge in [-0.2, -0.15) is 0 Å². The van der Waals surface area contributed by atoms with Crippen LogP contribution in [-0.2, 0) is 17.9 Å². The molecule has 1 heterocycles. The third kappa shape index (κ3) is 4.15. The summed E-state index contributed by atoms with van der Waals surface area (Å²) in [4.78, 5) is 16.4. The number of anilines is 1. The zero-order chi connectivity index (χ0) is 14.7. The molecule has 110 valence electrons. The average Bonchev–Trinajstić information content (AvgIpc) is 3.17. The Morgan fingerprint density at radius 1 is 1.43 bits per heavy atom. The van der Waals surface area contributed by atoms with Crippen LogP contribution in [0.3, 0.4) is 0 Å². The third-order valence-corrected chi connectivity index (χ3v) is 3.84. The lowest BCUT2D eigenvalue weighted by molar-refractivity contribution is -0.116. The molecule has 0 aliphatic heterocycles. The van der Waals surface area contributed by atoms with Crippen molar-refractivity contribution >= 4 is 27.5 Å². The van der Waals surface area contributed by atoms with Gasteiger partial charge in [-0.25, -0.2) is 4.98 Å². The summed E-state index contributed by atoms with van der Waals surface area (Å²) in [6.45, 7) is 0.982. The van der Waals surface area contributed by atoms with Gasteiger partial charge in [-0.15, -0.1) is 0 Å². The molecule has 2 N–H and O–H groups in total. The molecule has 0 radical (unpaired) electrons. The lowest BCUT2D eigenvalue weighted by Crippen LogP contribution is -2.23. The van der Waals surface area contributed by atoms with Crippen LogP contribution in [0.5, 0.6) is 0 Å². The Kier molecular flexibility index (Phi) is 4.36. The number of nitrogens with zero attached hydrogens (tertiary/aromatic N) is 2. The second kappa shape index (κ2) is 6.41. The van der Waals surface area contributed by atoms with Crippen LogP contribution in [0, 0.1) is 0 Å². The Morgan fingerprint density at radius 3 is 3.05 bits per heavy atom. The summed E-state index contributed by atoms with van der Waals surface area (Å²) in [5, 5.41) is 6.30. The van der Waals surface area contributed by atoms with Gasteiger partial charge in [0.15, 0.2) is 0 Å². The number of rotatable bonds is 6. The van der Waals surface area contributed by atoms with Crippen LogP contribution in [-0.4, -0.2) is 21.5 Å². The van der Waals surface area contributed by atoms with E-state index >= 15 is 0 Å². The van der Waals surface area contributed by atoms with E-state index in [9.17, 15) is 4.79 Å². The smallest absolute Gasteiger partial charge is 0.244 e. The number of hydrogen-bond donors (Lipinski definition) is 2. The van der Waals surface area contributed by atoms with Gasteiger partial charge in [0.05, 0.1) is 6.54 Å². The fourth-order valence-electron chi connectivity index (χ4n) is 2.10. The molecule has 3 rings (SSSR count). The summed E-state index contributed by atoms with van der Waals surface area (Å²) in [6.07, 6.45) is 6.05. The second-order valence-corrected chi connectivity index (χ2v) is 6.10. The zero-order valence-corrected chi connectivity index (χ0v) is 13.1. The molecule has 1 saturated carbocycles. The average molecular weight is 349 g/mol. The number of nitrogens with one attached hydrogen (secondary N) is 2. The highest BCUT2D eigenvalue weighted by molar-refractivity contribution is 9.10. The highest BCUT2D eigenvalue weighted by atomic mass is 79.9. The van der Waals surface area contributed by atoms with E-state index in [2.05, 4.69) is 31.5 Å². The maximum Gasteiger partial charge on any atom is 0.244 e. The Labute approximate surface area is 131 Å². The largest absolute Gasteiger partial charge is 0.324 e. The standard InChI is InChI=1S/C15H17BrN4O/c16-11-2-1-3-13(8-11)19-15(21)10-20-7-6-17-14(20)9-18-12-4-5-12/h1-3,6-8,12,18H,4-5,9-10H2,(H,19,21). The molecular formula is C15H17BrN4O. The first-order valence-electron chi connectivity index (χ1n) is 6.99. The molecule has 1 aromatic heterocycles. The minimum Gasteiger partial charge on any atom is -0.324 e. The quantitative estimate of drug-likeness (QED) is 0.843. The van der Waals surface area contributed by atoms with Crippen molar-refractivity contribution in [2.24, 2.45) is 0 Å². The molecule has 1 aliphatic rings. The number of hydrogen-bond acceptors (Lipinski definition) is 3. The first kappa shape index (κ1) is 14.3. The van der Waals surface area contributed by atoms with Gasteiger partial charge < -0.3 is 15.2 Å². The number of aromatic nitrogens is 2.